The van der Waals surface area contributed by atoms with Crippen LogP contribution in [0.1, 0.15) is 59.3 Å². The van der Waals surface area contributed by atoms with Gasteiger partial charge in [-0.05, 0) is 68.9 Å². The standard InChI is InChI=1S/C21H28O3/c1-13(22)16-4-5-17-20(16,3)10-8-18-19(2)9-7-15(23)12-14(19)6-11-21(17,18)24/h7,9,12,16-18,24H,4-6,8,10-11H2,1-3H3/t16-,17-,18-,19+,20-,21-/m1/s1. The first-order valence-electron chi connectivity index (χ1n) is 9.39. The molecule has 24 heavy (non-hydrogen) atoms. The third-order valence-electron chi connectivity index (χ3n) is 8.13. The zero-order valence-corrected chi connectivity index (χ0v) is 15.0. The summed E-state index contributed by atoms with van der Waals surface area (Å²) in [5.41, 5.74) is 0.197. The molecule has 0 aromatic carbocycles. The molecule has 3 fully saturated rings. The van der Waals surface area contributed by atoms with Gasteiger partial charge in [0.2, 0.25) is 0 Å². The molecule has 0 unspecified atom stereocenters. The van der Waals surface area contributed by atoms with Crippen molar-refractivity contribution in [1.82, 2.24) is 0 Å². The Labute approximate surface area is 144 Å². The number of allylic oxidation sites excluding steroid dienone is 4. The summed E-state index contributed by atoms with van der Waals surface area (Å²) < 4.78 is 0. The quantitative estimate of drug-likeness (QED) is 0.800. The van der Waals surface area contributed by atoms with E-state index in [0.29, 0.717) is 0 Å². The fourth-order valence-corrected chi connectivity index (χ4v) is 6.94. The molecule has 0 saturated heterocycles. The number of hydrogen-bond acceptors (Lipinski definition) is 3. The first-order valence-corrected chi connectivity index (χ1v) is 9.39. The Balaban J connectivity index is 1.75. The zero-order valence-electron chi connectivity index (χ0n) is 15.0. The number of hydrogen-bond donors (Lipinski definition) is 1. The highest BCUT2D eigenvalue weighted by atomic mass is 16.3. The molecule has 0 radical (unpaired) electrons. The third kappa shape index (κ3) is 1.88. The molecule has 3 heteroatoms. The van der Waals surface area contributed by atoms with Crippen LogP contribution in [0.15, 0.2) is 23.8 Å². The first-order chi connectivity index (χ1) is 11.2. The lowest BCUT2D eigenvalue weighted by Gasteiger charge is -2.61. The van der Waals surface area contributed by atoms with Gasteiger partial charge in [0.1, 0.15) is 5.78 Å². The largest absolute Gasteiger partial charge is 0.389 e. The lowest BCUT2D eigenvalue weighted by atomic mass is 9.45. The van der Waals surface area contributed by atoms with E-state index >= 15 is 0 Å². The molecule has 0 spiro atoms. The van der Waals surface area contributed by atoms with Crippen LogP contribution in [0.4, 0.5) is 0 Å². The molecule has 1 N–H and O–H groups in total. The average Bonchev–Trinajstić information content (AvgIpc) is 2.87. The van der Waals surface area contributed by atoms with E-state index < -0.39 is 5.60 Å². The maximum absolute atomic E-state index is 12.2. The Kier molecular flexibility index (Phi) is 3.32. The molecule has 0 aromatic rings. The first kappa shape index (κ1) is 16.3. The fourth-order valence-electron chi connectivity index (χ4n) is 6.94. The highest BCUT2D eigenvalue weighted by Gasteiger charge is 2.65. The number of ketones is 2. The van der Waals surface area contributed by atoms with Crippen molar-refractivity contribution >= 4 is 11.6 Å². The van der Waals surface area contributed by atoms with Crippen LogP contribution in [0.5, 0.6) is 0 Å². The van der Waals surface area contributed by atoms with Crippen molar-refractivity contribution in [3.63, 3.8) is 0 Å². The maximum atomic E-state index is 12.2. The van der Waals surface area contributed by atoms with E-state index in [1.54, 1.807) is 19.1 Å². The van der Waals surface area contributed by atoms with E-state index in [1.807, 2.05) is 6.08 Å². The van der Waals surface area contributed by atoms with Crippen molar-refractivity contribution < 1.29 is 14.7 Å². The SMILES string of the molecule is CC(=O)[C@H]1CC[C@@H]2[C@]1(C)CC[C@H]1[C@@]2(O)CCC2=CC(=O)C=C[C@@]21C. The molecule has 4 rings (SSSR count). The van der Waals surface area contributed by atoms with Crippen molar-refractivity contribution in [2.45, 2.75) is 64.9 Å². The minimum atomic E-state index is -0.714. The Morgan fingerprint density at radius 2 is 1.92 bits per heavy atom. The van der Waals surface area contributed by atoms with Crippen LogP contribution in [0.3, 0.4) is 0 Å². The molecule has 130 valence electrons. The molecule has 3 saturated carbocycles. The third-order valence-corrected chi connectivity index (χ3v) is 8.13. The Bertz CT molecular complexity index is 675. The number of carbonyl (C=O) groups excluding carboxylic acids is 2. The van der Waals surface area contributed by atoms with Crippen LogP contribution in [0, 0.1) is 28.6 Å². The Morgan fingerprint density at radius 3 is 2.62 bits per heavy atom. The van der Waals surface area contributed by atoms with Gasteiger partial charge < -0.3 is 5.11 Å². The number of aliphatic hydroxyl groups is 1. The summed E-state index contributed by atoms with van der Waals surface area (Å²) in [6.07, 6.45) is 10.8. The van der Waals surface area contributed by atoms with Gasteiger partial charge in [0, 0.05) is 17.3 Å². The van der Waals surface area contributed by atoms with Gasteiger partial charge in [0.05, 0.1) is 5.60 Å². The Morgan fingerprint density at radius 1 is 1.17 bits per heavy atom. The number of rotatable bonds is 1. The summed E-state index contributed by atoms with van der Waals surface area (Å²) >= 11 is 0. The minimum absolute atomic E-state index is 0.0666. The van der Waals surface area contributed by atoms with E-state index in [0.717, 1.165) is 38.5 Å². The summed E-state index contributed by atoms with van der Waals surface area (Å²) in [6.45, 7) is 6.14. The fraction of sp³-hybridized carbons (Fsp3) is 0.714. The monoisotopic (exact) mass is 328 g/mol. The molecular weight excluding hydrogens is 300 g/mol. The molecule has 3 nitrogen and oxygen atoms in total. The molecule has 0 amide bonds. The second-order valence-electron chi connectivity index (χ2n) is 9.07. The van der Waals surface area contributed by atoms with Crippen molar-refractivity contribution in [1.29, 1.82) is 0 Å². The van der Waals surface area contributed by atoms with E-state index in [4.69, 9.17) is 0 Å². The van der Waals surface area contributed by atoms with E-state index in [2.05, 4.69) is 13.8 Å². The van der Waals surface area contributed by atoms with Gasteiger partial charge >= 0.3 is 0 Å². The summed E-state index contributed by atoms with van der Waals surface area (Å²) in [4.78, 5) is 23.9. The highest BCUT2D eigenvalue weighted by Crippen LogP contribution is 2.67. The normalized spacial score (nSPS) is 49.9. The van der Waals surface area contributed by atoms with Crippen LogP contribution in [0.2, 0.25) is 0 Å². The van der Waals surface area contributed by atoms with Gasteiger partial charge in [0.25, 0.3) is 0 Å². The van der Waals surface area contributed by atoms with Gasteiger partial charge in [-0.3, -0.25) is 9.59 Å². The van der Waals surface area contributed by atoms with E-state index in [-0.39, 0.29) is 40.2 Å². The number of Topliss-reactive ketones (excluding diaryl/α,β-unsaturated/α-hetero) is 1. The molecule has 4 aliphatic rings. The van der Waals surface area contributed by atoms with Gasteiger partial charge in [-0.2, -0.15) is 0 Å². The smallest absolute Gasteiger partial charge is 0.178 e. The van der Waals surface area contributed by atoms with Crippen molar-refractivity contribution in [3.8, 4) is 0 Å². The van der Waals surface area contributed by atoms with E-state index in [9.17, 15) is 14.7 Å². The summed E-state index contributed by atoms with van der Waals surface area (Å²) in [7, 11) is 0. The van der Waals surface area contributed by atoms with Crippen LogP contribution >= 0.6 is 0 Å². The molecule has 6 atom stereocenters. The van der Waals surface area contributed by atoms with Gasteiger partial charge in [-0.1, -0.05) is 25.5 Å². The van der Waals surface area contributed by atoms with Crippen molar-refractivity contribution in [3.05, 3.63) is 23.8 Å². The van der Waals surface area contributed by atoms with Crippen LogP contribution in [0.25, 0.3) is 0 Å². The summed E-state index contributed by atoms with van der Waals surface area (Å²) in [5.74, 6) is 0.805. The van der Waals surface area contributed by atoms with E-state index in [1.165, 1.54) is 5.57 Å². The van der Waals surface area contributed by atoms with Crippen LogP contribution in [-0.2, 0) is 9.59 Å². The Hall–Kier alpha value is -1.22. The molecular formula is C21H28O3. The molecule has 4 aliphatic carbocycles. The van der Waals surface area contributed by atoms with Crippen molar-refractivity contribution in [2.24, 2.45) is 28.6 Å². The lowest BCUT2D eigenvalue weighted by molar-refractivity contribution is -0.179. The number of fused-ring (bicyclic) bond motifs is 5. The van der Waals surface area contributed by atoms with Gasteiger partial charge in [-0.25, -0.2) is 0 Å². The topological polar surface area (TPSA) is 54.4 Å². The van der Waals surface area contributed by atoms with Crippen molar-refractivity contribution in [2.75, 3.05) is 0 Å². The lowest BCUT2D eigenvalue weighted by Crippen LogP contribution is -2.61. The summed E-state index contributed by atoms with van der Waals surface area (Å²) in [5, 5.41) is 11.8. The van der Waals surface area contributed by atoms with Gasteiger partial charge in [0.15, 0.2) is 5.78 Å². The molecule has 0 aliphatic heterocycles. The molecule has 0 aromatic heterocycles. The second kappa shape index (κ2) is 4.91. The van der Waals surface area contributed by atoms with Crippen LogP contribution in [-0.4, -0.2) is 22.3 Å². The molecule has 0 bridgehead atoms. The predicted octanol–water partition coefficient (Wildman–Crippen LogP) is 3.61. The maximum Gasteiger partial charge on any atom is 0.178 e. The summed E-state index contributed by atoms with van der Waals surface area (Å²) in [6, 6.07) is 0. The minimum Gasteiger partial charge on any atom is -0.389 e. The average molecular weight is 328 g/mol. The second-order valence-corrected chi connectivity index (χ2v) is 9.07. The molecule has 0 heterocycles. The highest BCUT2D eigenvalue weighted by molar-refractivity contribution is 6.01. The van der Waals surface area contributed by atoms with Crippen LogP contribution < -0.4 is 0 Å². The predicted molar refractivity (Wildman–Crippen MR) is 92.2 cm³/mol. The van der Waals surface area contributed by atoms with Gasteiger partial charge in [-0.15, -0.1) is 0 Å². The zero-order chi connectivity index (χ0) is 17.3. The number of carbonyl (C=O) groups is 2.